The average Bonchev–Trinajstić information content (AvgIpc) is 2.28. The van der Waals surface area contributed by atoms with Crippen LogP contribution in [-0.4, -0.2) is 22.3 Å². The second-order valence-electron chi connectivity index (χ2n) is 3.80. The van der Waals surface area contributed by atoms with Crippen LogP contribution in [0.15, 0.2) is 24.3 Å². The van der Waals surface area contributed by atoms with E-state index in [-0.39, 0.29) is 10.9 Å². The second kappa shape index (κ2) is 7.23. The van der Waals surface area contributed by atoms with Crippen LogP contribution in [0.2, 0.25) is 0 Å². The molecule has 0 aliphatic heterocycles. The molecule has 0 bridgehead atoms. The van der Waals surface area contributed by atoms with Crippen LogP contribution in [0, 0.1) is 0 Å². The molecule has 0 aromatic heterocycles. The van der Waals surface area contributed by atoms with Crippen molar-refractivity contribution in [2.24, 2.45) is 0 Å². The van der Waals surface area contributed by atoms with Crippen LogP contribution in [0.5, 0.6) is 11.5 Å². The highest BCUT2D eigenvalue weighted by Crippen LogP contribution is 2.29. The summed E-state index contributed by atoms with van der Waals surface area (Å²) in [5, 5.41) is 9.60. The second-order valence-corrected chi connectivity index (χ2v) is 5.07. The summed E-state index contributed by atoms with van der Waals surface area (Å²) in [5.74, 6) is -0.163. The molecule has 0 fully saturated rings. The molecule has 0 aliphatic carbocycles. The Bertz CT molecular complexity index is 498. The maximum absolute atomic E-state index is 12.0. The third kappa shape index (κ3) is 6.51. The molecule has 0 saturated carbocycles. The molecule has 1 N–H and O–H groups in total. The Balaban J connectivity index is 2.59. The van der Waals surface area contributed by atoms with Gasteiger partial charge in [-0.3, -0.25) is 4.79 Å². The van der Waals surface area contributed by atoms with Gasteiger partial charge in [0, 0.05) is 24.3 Å². The van der Waals surface area contributed by atoms with E-state index in [1.165, 1.54) is 24.8 Å². The average molecular weight is 306 g/mol. The number of carbonyl (C=O) groups excluding carboxylic acids is 1. The van der Waals surface area contributed by atoms with Gasteiger partial charge in [-0.05, 0) is 18.6 Å². The first kappa shape index (κ1) is 16.4. The number of thioether (sulfide) groups is 1. The monoisotopic (exact) mass is 306 g/mol. The summed E-state index contributed by atoms with van der Waals surface area (Å²) in [6.07, 6.45) is -0.860. The van der Waals surface area contributed by atoms with Gasteiger partial charge >= 0.3 is 6.36 Å². The van der Waals surface area contributed by atoms with E-state index in [0.717, 1.165) is 12.1 Å². The number of benzene rings is 1. The van der Waals surface area contributed by atoms with E-state index in [0.29, 0.717) is 17.7 Å². The Labute approximate surface area is 118 Å². The number of aromatic hydroxyl groups is 1. The molecule has 0 unspecified atom stereocenters. The zero-order valence-electron chi connectivity index (χ0n) is 10.6. The molecule has 1 aromatic carbocycles. The lowest BCUT2D eigenvalue weighted by Gasteiger charge is -2.09. The Morgan fingerprint density at radius 3 is 2.70 bits per heavy atom. The zero-order valence-corrected chi connectivity index (χ0v) is 11.4. The highest BCUT2D eigenvalue weighted by Gasteiger charge is 2.31. The smallest absolute Gasteiger partial charge is 0.507 e. The minimum absolute atomic E-state index is 0.0231. The number of allylic oxidation sites excluding steroid dienone is 1. The largest absolute Gasteiger partial charge is 0.573 e. The van der Waals surface area contributed by atoms with Crippen molar-refractivity contribution in [3.63, 3.8) is 0 Å². The molecule has 1 aromatic rings. The van der Waals surface area contributed by atoms with E-state index in [9.17, 15) is 23.1 Å². The third-order valence-corrected chi connectivity index (χ3v) is 2.97. The van der Waals surface area contributed by atoms with Crippen LogP contribution < -0.4 is 4.74 Å². The topological polar surface area (TPSA) is 46.5 Å². The van der Waals surface area contributed by atoms with Crippen molar-refractivity contribution in [1.82, 2.24) is 0 Å². The molecule has 110 valence electrons. The lowest BCUT2D eigenvalue weighted by atomic mass is 10.1. The minimum atomic E-state index is -4.78. The first-order valence-electron chi connectivity index (χ1n) is 5.66. The Morgan fingerprint density at radius 2 is 2.15 bits per heavy atom. The van der Waals surface area contributed by atoms with Crippen LogP contribution in [0.25, 0.3) is 6.08 Å². The van der Waals surface area contributed by atoms with Gasteiger partial charge in [-0.2, -0.15) is 0 Å². The number of rotatable bonds is 5. The summed E-state index contributed by atoms with van der Waals surface area (Å²) in [6.45, 7) is 1.47. The van der Waals surface area contributed by atoms with Crippen molar-refractivity contribution in [2.45, 2.75) is 19.7 Å². The highest BCUT2D eigenvalue weighted by molar-refractivity contribution is 8.13. The molecule has 0 amide bonds. The molecule has 0 saturated heterocycles. The van der Waals surface area contributed by atoms with Gasteiger partial charge in [0.05, 0.1) is 0 Å². The van der Waals surface area contributed by atoms with Crippen molar-refractivity contribution >= 4 is 23.0 Å². The molecule has 20 heavy (non-hydrogen) atoms. The summed E-state index contributed by atoms with van der Waals surface area (Å²) in [7, 11) is 0. The molecular weight excluding hydrogens is 293 g/mol. The third-order valence-electron chi connectivity index (χ3n) is 2.12. The van der Waals surface area contributed by atoms with Crippen LogP contribution in [-0.2, 0) is 4.79 Å². The van der Waals surface area contributed by atoms with Crippen LogP contribution >= 0.6 is 11.8 Å². The van der Waals surface area contributed by atoms with E-state index in [4.69, 9.17) is 0 Å². The predicted octanol–water partition coefficient (Wildman–Crippen LogP) is 3.97. The van der Waals surface area contributed by atoms with E-state index in [2.05, 4.69) is 4.74 Å². The molecular formula is C13H13F3O3S. The molecule has 0 heterocycles. The summed E-state index contributed by atoms with van der Waals surface area (Å²) in [4.78, 5) is 10.7. The normalized spacial score (nSPS) is 11.8. The standard InChI is InChI=1S/C13H13F3O3S/c1-9(17)20-7-3-2-4-10-5-6-11(8-12(10)18)19-13(14,15)16/h2,4-6,8,18H,3,7H2,1H3. The SMILES string of the molecule is CC(=O)SCCC=Cc1ccc(OC(F)(F)F)cc1O. The van der Waals surface area contributed by atoms with Crippen molar-refractivity contribution in [1.29, 1.82) is 0 Å². The van der Waals surface area contributed by atoms with Gasteiger partial charge in [0.1, 0.15) is 11.5 Å². The van der Waals surface area contributed by atoms with Gasteiger partial charge in [-0.15, -0.1) is 13.2 Å². The van der Waals surface area contributed by atoms with Gasteiger partial charge in [0.25, 0.3) is 0 Å². The summed E-state index contributed by atoms with van der Waals surface area (Å²) in [6, 6.07) is 3.35. The van der Waals surface area contributed by atoms with Crippen molar-refractivity contribution in [2.75, 3.05) is 5.75 Å². The number of carbonyl (C=O) groups is 1. The van der Waals surface area contributed by atoms with E-state index in [1.807, 2.05) is 0 Å². The first-order chi connectivity index (χ1) is 9.28. The molecule has 7 heteroatoms. The number of phenolic OH excluding ortho intramolecular Hbond substituents is 1. The first-order valence-corrected chi connectivity index (χ1v) is 6.65. The lowest BCUT2D eigenvalue weighted by Crippen LogP contribution is -2.16. The minimum Gasteiger partial charge on any atom is -0.507 e. The quantitative estimate of drug-likeness (QED) is 0.836. The Kier molecular flexibility index (Phi) is 5.94. The molecule has 0 spiro atoms. The number of ether oxygens (including phenoxy) is 1. The number of hydrogen-bond acceptors (Lipinski definition) is 4. The lowest BCUT2D eigenvalue weighted by molar-refractivity contribution is -0.274. The van der Waals surface area contributed by atoms with E-state index < -0.39 is 12.1 Å². The van der Waals surface area contributed by atoms with Gasteiger partial charge in [0.2, 0.25) is 0 Å². The van der Waals surface area contributed by atoms with Gasteiger partial charge in [0.15, 0.2) is 5.12 Å². The van der Waals surface area contributed by atoms with Crippen molar-refractivity contribution < 1.29 is 27.8 Å². The fraction of sp³-hybridized carbons (Fsp3) is 0.308. The molecule has 0 radical (unpaired) electrons. The van der Waals surface area contributed by atoms with Gasteiger partial charge in [-0.25, -0.2) is 0 Å². The van der Waals surface area contributed by atoms with Crippen LogP contribution in [0.4, 0.5) is 13.2 Å². The summed E-state index contributed by atoms with van der Waals surface area (Å²) >= 11 is 1.18. The summed E-state index contributed by atoms with van der Waals surface area (Å²) < 4.78 is 39.6. The number of alkyl halides is 3. The van der Waals surface area contributed by atoms with Crippen LogP contribution in [0.3, 0.4) is 0 Å². The number of hydrogen-bond donors (Lipinski definition) is 1. The number of halogens is 3. The van der Waals surface area contributed by atoms with Crippen LogP contribution in [0.1, 0.15) is 18.9 Å². The maximum atomic E-state index is 12.0. The van der Waals surface area contributed by atoms with Crippen molar-refractivity contribution in [3.8, 4) is 11.5 Å². The van der Waals surface area contributed by atoms with Gasteiger partial charge < -0.3 is 9.84 Å². The predicted molar refractivity (Wildman–Crippen MR) is 71.6 cm³/mol. The van der Waals surface area contributed by atoms with Crippen molar-refractivity contribution in [3.05, 3.63) is 29.8 Å². The molecule has 0 aliphatic rings. The fourth-order valence-electron chi connectivity index (χ4n) is 1.34. The summed E-state index contributed by atoms with van der Waals surface area (Å²) in [5.41, 5.74) is 0.382. The Morgan fingerprint density at radius 1 is 1.45 bits per heavy atom. The number of phenols is 1. The molecule has 3 nitrogen and oxygen atoms in total. The maximum Gasteiger partial charge on any atom is 0.573 e. The Hall–Kier alpha value is -1.63. The zero-order chi connectivity index (χ0) is 15.2. The van der Waals surface area contributed by atoms with E-state index in [1.54, 1.807) is 12.2 Å². The van der Waals surface area contributed by atoms with E-state index >= 15 is 0 Å². The fourth-order valence-corrected chi connectivity index (χ4v) is 1.88. The van der Waals surface area contributed by atoms with Gasteiger partial charge in [-0.1, -0.05) is 23.9 Å². The molecule has 0 atom stereocenters. The highest BCUT2D eigenvalue weighted by atomic mass is 32.2. The molecule has 1 rings (SSSR count).